The zero-order chi connectivity index (χ0) is 27.7. The van der Waals surface area contributed by atoms with Gasteiger partial charge in [0, 0.05) is 43.8 Å². The van der Waals surface area contributed by atoms with Gasteiger partial charge in [-0.2, -0.15) is 0 Å². The molecular weight excluding hydrogens is 494 g/mol. The Labute approximate surface area is 238 Å². The van der Waals surface area contributed by atoms with Gasteiger partial charge in [-0.05, 0) is 46.9 Å². The molecule has 0 aromatic heterocycles. The summed E-state index contributed by atoms with van der Waals surface area (Å²) in [5, 5.41) is 2.14. The van der Waals surface area contributed by atoms with Crippen LogP contribution >= 0.6 is 0 Å². The maximum Gasteiger partial charge on any atom is 0.254 e. The molecule has 0 spiro atoms. The molecule has 5 rings (SSSR count). The summed E-state index contributed by atoms with van der Waals surface area (Å²) in [7, 11) is 0. The Morgan fingerprint density at radius 3 is 2.52 bits per heavy atom. The van der Waals surface area contributed by atoms with E-state index in [1.807, 2.05) is 54.6 Å². The first kappa shape index (κ1) is 27.9. The minimum Gasteiger partial charge on any atom is -0.489 e. The molecule has 2 N–H and O–H groups in total. The third-order valence-electron chi connectivity index (χ3n) is 7.92. The summed E-state index contributed by atoms with van der Waals surface area (Å²) in [6, 6.07) is 32.8. The van der Waals surface area contributed by atoms with E-state index in [9.17, 15) is 4.79 Å². The van der Waals surface area contributed by atoms with Crippen LogP contribution in [0.1, 0.15) is 47.7 Å². The Bertz CT molecular complexity index is 1380. The summed E-state index contributed by atoms with van der Waals surface area (Å²) < 4.78 is 6.18. The molecule has 1 aliphatic rings. The van der Waals surface area contributed by atoms with E-state index in [4.69, 9.17) is 10.5 Å². The van der Waals surface area contributed by atoms with Gasteiger partial charge in [-0.15, -0.1) is 0 Å². The van der Waals surface area contributed by atoms with E-state index >= 15 is 0 Å². The summed E-state index contributed by atoms with van der Waals surface area (Å²) in [5.74, 6) is 1.04. The van der Waals surface area contributed by atoms with Crippen molar-refractivity contribution in [1.29, 1.82) is 0 Å². The normalized spacial score (nSPS) is 16.6. The molecule has 5 nitrogen and oxygen atoms in total. The summed E-state index contributed by atoms with van der Waals surface area (Å²) in [6.45, 7) is 5.96. The third-order valence-corrected chi connectivity index (χ3v) is 7.92. The van der Waals surface area contributed by atoms with E-state index in [1.165, 1.54) is 0 Å². The van der Waals surface area contributed by atoms with Crippen LogP contribution in [-0.2, 0) is 13.0 Å². The van der Waals surface area contributed by atoms with Crippen LogP contribution in [0, 0.1) is 0 Å². The van der Waals surface area contributed by atoms with Crippen molar-refractivity contribution in [3.8, 4) is 5.75 Å². The Morgan fingerprint density at radius 2 is 1.68 bits per heavy atom. The topological polar surface area (TPSA) is 58.8 Å². The minimum atomic E-state index is -0.0198. The number of benzene rings is 4. The number of amides is 1. The van der Waals surface area contributed by atoms with Crippen LogP contribution in [0.3, 0.4) is 0 Å². The van der Waals surface area contributed by atoms with E-state index < -0.39 is 0 Å². The highest BCUT2D eigenvalue weighted by molar-refractivity contribution is 6.07. The van der Waals surface area contributed by atoms with Crippen molar-refractivity contribution in [3.05, 3.63) is 114 Å². The Morgan fingerprint density at radius 1 is 0.925 bits per heavy atom. The molecule has 1 fully saturated rings. The van der Waals surface area contributed by atoms with Crippen molar-refractivity contribution in [2.24, 2.45) is 5.73 Å². The average Bonchev–Trinajstić information content (AvgIpc) is 2.99. The number of nitrogens with zero attached hydrogens (tertiary/aromatic N) is 2. The number of ether oxygens (including phenoxy) is 1. The third kappa shape index (κ3) is 6.90. The number of para-hydroxylation sites is 1. The van der Waals surface area contributed by atoms with Crippen LogP contribution in [0.4, 0.5) is 0 Å². The zero-order valence-electron chi connectivity index (χ0n) is 23.5. The molecule has 40 heavy (non-hydrogen) atoms. The monoisotopic (exact) mass is 535 g/mol. The maximum atomic E-state index is 13.8. The van der Waals surface area contributed by atoms with Gasteiger partial charge in [0.05, 0.1) is 0 Å². The molecule has 5 heteroatoms. The van der Waals surface area contributed by atoms with Gasteiger partial charge in [0.1, 0.15) is 12.4 Å². The van der Waals surface area contributed by atoms with Crippen LogP contribution in [0.15, 0.2) is 97.1 Å². The molecule has 0 saturated carbocycles. The number of carbonyl (C=O) groups is 1. The van der Waals surface area contributed by atoms with E-state index in [-0.39, 0.29) is 18.0 Å². The van der Waals surface area contributed by atoms with Crippen LogP contribution in [0.25, 0.3) is 10.8 Å². The molecule has 1 saturated heterocycles. The van der Waals surface area contributed by atoms with E-state index in [1.54, 1.807) is 0 Å². The average molecular weight is 536 g/mol. The smallest absolute Gasteiger partial charge is 0.254 e. The first-order chi connectivity index (χ1) is 19.6. The quantitative estimate of drug-likeness (QED) is 0.245. The van der Waals surface area contributed by atoms with Crippen LogP contribution in [0.5, 0.6) is 5.75 Å². The van der Waals surface area contributed by atoms with E-state index in [0.717, 1.165) is 85.1 Å². The highest BCUT2D eigenvalue weighted by Crippen LogP contribution is 2.25. The van der Waals surface area contributed by atoms with E-state index in [0.29, 0.717) is 6.61 Å². The number of piperazine rings is 1. The summed E-state index contributed by atoms with van der Waals surface area (Å²) >= 11 is 0. The van der Waals surface area contributed by atoms with Gasteiger partial charge in [0.15, 0.2) is 0 Å². The molecule has 0 bridgehead atoms. The summed E-state index contributed by atoms with van der Waals surface area (Å²) in [6.07, 6.45) is 3.98. The van der Waals surface area contributed by atoms with Crippen molar-refractivity contribution in [2.45, 2.75) is 51.3 Å². The molecule has 1 aliphatic heterocycles. The van der Waals surface area contributed by atoms with Crippen molar-refractivity contribution in [1.82, 2.24) is 9.80 Å². The molecular formula is C35H41N3O2. The Balaban J connectivity index is 1.23. The summed E-state index contributed by atoms with van der Waals surface area (Å²) in [5.41, 5.74) is 9.82. The van der Waals surface area contributed by atoms with Gasteiger partial charge in [-0.3, -0.25) is 9.69 Å². The molecule has 4 aromatic rings. The molecule has 1 heterocycles. The number of hydrogen-bond donors (Lipinski definition) is 1. The number of nitrogens with two attached hydrogens (primary N) is 1. The maximum absolute atomic E-state index is 13.8. The van der Waals surface area contributed by atoms with Crippen molar-refractivity contribution in [3.63, 3.8) is 0 Å². The number of unbranched alkanes of at least 4 members (excludes halogenated alkanes) is 1. The van der Waals surface area contributed by atoms with Gasteiger partial charge < -0.3 is 15.4 Å². The molecule has 0 aliphatic carbocycles. The first-order valence-corrected chi connectivity index (χ1v) is 14.6. The van der Waals surface area contributed by atoms with Crippen LogP contribution in [0.2, 0.25) is 0 Å². The number of hydrogen-bond acceptors (Lipinski definition) is 4. The second-order valence-electron chi connectivity index (χ2n) is 10.9. The van der Waals surface area contributed by atoms with Gasteiger partial charge >= 0.3 is 0 Å². The van der Waals surface area contributed by atoms with Crippen molar-refractivity contribution in [2.75, 3.05) is 26.2 Å². The van der Waals surface area contributed by atoms with E-state index in [2.05, 4.69) is 59.2 Å². The van der Waals surface area contributed by atoms with Gasteiger partial charge in [-0.1, -0.05) is 105 Å². The van der Waals surface area contributed by atoms with Gasteiger partial charge in [0.2, 0.25) is 0 Å². The predicted molar refractivity (Wildman–Crippen MR) is 164 cm³/mol. The zero-order valence-corrected chi connectivity index (χ0v) is 23.5. The van der Waals surface area contributed by atoms with Gasteiger partial charge in [0.25, 0.3) is 5.91 Å². The fraction of sp³-hybridized carbons (Fsp3) is 0.343. The summed E-state index contributed by atoms with van der Waals surface area (Å²) in [4.78, 5) is 18.4. The largest absolute Gasteiger partial charge is 0.489 e. The highest BCUT2D eigenvalue weighted by atomic mass is 16.5. The molecule has 208 valence electrons. The van der Waals surface area contributed by atoms with Crippen LogP contribution < -0.4 is 10.5 Å². The lowest BCUT2D eigenvalue weighted by Gasteiger charge is -2.42. The molecule has 1 amide bonds. The predicted octanol–water partition coefficient (Wildman–Crippen LogP) is 6.31. The number of fused-ring (bicyclic) bond motifs is 1. The SMILES string of the molecule is CCCCC1CN(CC(N)Cc2ccccc2OCc2ccccc2)CCN1C(=O)c1cccc2ccccc12. The minimum absolute atomic E-state index is 0.0198. The second-order valence-corrected chi connectivity index (χ2v) is 10.9. The lowest BCUT2D eigenvalue weighted by atomic mass is 9.99. The number of carbonyl (C=O) groups excluding carboxylic acids is 1. The lowest BCUT2D eigenvalue weighted by molar-refractivity contribution is 0.0421. The Kier molecular flexibility index (Phi) is 9.48. The Hall–Kier alpha value is -3.67. The highest BCUT2D eigenvalue weighted by Gasteiger charge is 2.31. The lowest BCUT2D eigenvalue weighted by Crippen LogP contribution is -2.57. The molecule has 2 unspecified atom stereocenters. The molecule has 0 radical (unpaired) electrons. The standard InChI is InChI=1S/C35H41N3O2/c1-2-3-17-31-25-37(21-22-38(31)35(39)33-19-11-16-28-14-7-9-18-32(28)33)24-30(36)23-29-15-8-10-20-34(29)40-26-27-12-5-4-6-13-27/h4-16,18-20,30-31H,2-3,17,21-26,36H2,1H3. The second kappa shape index (κ2) is 13.6. The van der Waals surface area contributed by atoms with Crippen LogP contribution in [-0.4, -0.2) is 54.0 Å². The molecule has 2 atom stereocenters. The van der Waals surface area contributed by atoms with Crippen molar-refractivity contribution < 1.29 is 9.53 Å². The fourth-order valence-electron chi connectivity index (χ4n) is 5.83. The van der Waals surface area contributed by atoms with Crippen molar-refractivity contribution >= 4 is 16.7 Å². The van der Waals surface area contributed by atoms with Gasteiger partial charge in [-0.25, -0.2) is 0 Å². The number of rotatable bonds is 11. The first-order valence-electron chi connectivity index (χ1n) is 14.6. The fourth-order valence-corrected chi connectivity index (χ4v) is 5.83. The molecule has 4 aromatic carbocycles.